The Kier molecular flexibility index (Phi) is 7.64. The Hall–Kier alpha value is -3.39. The molecule has 0 aliphatic carbocycles. The number of nitrogens with one attached hydrogen (secondary N) is 1. The molecule has 0 fully saturated rings. The summed E-state index contributed by atoms with van der Waals surface area (Å²) in [6.07, 6.45) is 0.972. The number of benzene rings is 3. The molecule has 0 saturated heterocycles. The van der Waals surface area contributed by atoms with E-state index in [0.717, 1.165) is 21.9 Å². The number of anilines is 1. The van der Waals surface area contributed by atoms with Crippen LogP contribution < -0.4 is 9.62 Å². The van der Waals surface area contributed by atoms with Gasteiger partial charge in [-0.25, -0.2) is 8.42 Å². The Morgan fingerprint density at radius 3 is 2.36 bits per heavy atom. The van der Waals surface area contributed by atoms with Crippen molar-refractivity contribution in [2.24, 2.45) is 0 Å². The van der Waals surface area contributed by atoms with E-state index in [1.807, 2.05) is 69.3 Å². The van der Waals surface area contributed by atoms with Gasteiger partial charge in [0.25, 0.3) is 10.0 Å². The van der Waals surface area contributed by atoms with Crippen LogP contribution in [0, 0.1) is 6.92 Å². The van der Waals surface area contributed by atoms with Crippen LogP contribution in [0.3, 0.4) is 0 Å². The third-order valence-electron chi connectivity index (χ3n) is 6.64. The third kappa shape index (κ3) is 4.95. The fourth-order valence-corrected chi connectivity index (χ4v) is 6.57. The normalized spacial score (nSPS) is 14.6. The van der Waals surface area contributed by atoms with Crippen LogP contribution in [-0.4, -0.2) is 44.3 Å². The first-order valence-corrected chi connectivity index (χ1v) is 13.9. The van der Waals surface area contributed by atoms with Crippen LogP contribution in [0.1, 0.15) is 44.2 Å². The van der Waals surface area contributed by atoms with Gasteiger partial charge >= 0.3 is 0 Å². The van der Waals surface area contributed by atoms with Crippen LogP contribution in [0.2, 0.25) is 0 Å². The van der Waals surface area contributed by atoms with E-state index in [1.54, 1.807) is 17.0 Å². The fraction of sp³-hybridized carbons (Fsp3) is 0.357. The topological polar surface area (TPSA) is 86.8 Å². The molecule has 2 amide bonds. The van der Waals surface area contributed by atoms with Gasteiger partial charge in [-0.3, -0.25) is 13.9 Å². The zero-order valence-corrected chi connectivity index (χ0v) is 21.8. The molecular formula is C28H33N3O4S. The predicted octanol–water partition coefficient (Wildman–Crippen LogP) is 4.38. The van der Waals surface area contributed by atoms with Gasteiger partial charge in [0.1, 0.15) is 6.04 Å². The minimum absolute atomic E-state index is 0.139. The van der Waals surface area contributed by atoms with Crippen LogP contribution >= 0.6 is 0 Å². The second-order valence-corrected chi connectivity index (χ2v) is 11.0. The number of nitrogens with zero attached hydrogens (tertiary/aromatic N) is 2. The highest BCUT2D eigenvalue weighted by atomic mass is 32.2. The zero-order valence-electron chi connectivity index (χ0n) is 21.0. The number of hydrogen-bond donors (Lipinski definition) is 1. The molecule has 8 heteroatoms. The average Bonchev–Trinajstić information content (AvgIpc) is 3.08. The molecule has 1 N–H and O–H groups in total. The minimum atomic E-state index is -3.67. The number of aryl methyl sites for hydroxylation is 1. The molecule has 7 nitrogen and oxygen atoms in total. The average molecular weight is 508 g/mol. The Labute approximate surface area is 213 Å². The van der Waals surface area contributed by atoms with Gasteiger partial charge in [0.2, 0.25) is 11.8 Å². The zero-order chi connectivity index (χ0) is 25.9. The van der Waals surface area contributed by atoms with E-state index in [0.29, 0.717) is 36.5 Å². The van der Waals surface area contributed by atoms with Crippen molar-refractivity contribution in [2.45, 2.75) is 57.5 Å². The molecule has 1 aliphatic heterocycles. The summed E-state index contributed by atoms with van der Waals surface area (Å²) in [6, 6.07) is 18.2. The molecule has 0 saturated carbocycles. The summed E-state index contributed by atoms with van der Waals surface area (Å²) < 4.78 is 27.9. The Bertz CT molecular complexity index is 1360. The van der Waals surface area contributed by atoms with Gasteiger partial charge in [0.05, 0.1) is 10.6 Å². The van der Waals surface area contributed by atoms with Gasteiger partial charge in [-0.2, -0.15) is 0 Å². The molecule has 1 aliphatic rings. The summed E-state index contributed by atoms with van der Waals surface area (Å²) in [5.41, 5.74) is 2.72. The van der Waals surface area contributed by atoms with Crippen molar-refractivity contribution in [3.63, 3.8) is 0 Å². The highest BCUT2D eigenvalue weighted by Gasteiger charge is 2.35. The van der Waals surface area contributed by atoms with Crippen molar-refractivity contribution in [1.29, 1.82) is 0 Å². The molecule has 4 rings (SSSR count). The van der Waals surface area contributed by atoms with E-state index in [4.69, 9.17) is 0 Å². The van der Waals surface area contributed by atoms with E-state index in [9.17, 15) is 18.0 Å². The summed E-state index contributed by atoms with van der Waals surface area (Å²) in [7, 11) is -3.67. The molecule has 1 heterocycles. The quantitative estimate of drug-likeness (QED) is 0.441. The Morgan fingerprint density at radius 2 is 1.69 bits per heavy atom. The number of likely N-dealkylation sites (N-methyl/N-ethyl adjacent to an activating group) is 1. The molecule has 36 heavy (non-hydrogen) atoms. The molecule has 3 aromatic carbocycles. The van der Waals surface area contributed by atoms with Crippen molar-refractivity contribution in [3.8, 4) is 0 Å². The lowest BCUT2D eigenvalue weighted by Gasteiger charge is -2.31. The first kappa shape index (κ1) is 25.7. The van der Waals surface area contributed by atoms with Gasteiger partial charge in [-0.1, -0.05) is 61.0 Å². The highest BCUT2D eigenvalue weighted by molar-refractivity contribution is 7.93. The van der Waals surface area contributed by atoms with E-state index in [-0.39, 0.29) is 24.8 Å². The SMILES string of the molecule is CCNC(=O)[C@@H](CC)N(Cc1ccc(C)cc1)C(=O)CCCN1c2cccc3cccc(c23)S1(=O)=O. The van der Waals surface area contributed by atoms with E-state index in [1.165, 1.54) is 4.31 Å². The standard InChI is InChI=1S/C28H33N3O4S/c1-4-23(28(33)29-5-2)30(19-21-16-14-20(3)15-17-21)26(32)13-8-18-31-24-11-6-9-22-10-7-12-25(27(22)24)36(31,34)35/h6-7,9-12,14-17,23H,4-5,8,13,18-19H2,1-3H3,(H,29,33)/t23-/m1/s1. The van der Waals surface area contributed by atoms with Crippen molar-refractivity contribution >= 4 is 38.3 Å². The van der Waals surface area contributed by atoms with Crippen LogP contribution in [0.4, 0.5) is 5.69 Å². The molecule has 0 spiro atoms. The molecular weight excluding hydrogens is 474 g/mol. The molecule has 3 aromatic rings. The molecule has 0 bridgehead atoms. The molecule has 190 valence electrons. The maximum absolute atomic E-state index is 13.4. The lowest BCUT2D eigenvalue weighted by Crippen LogP contribution is -2.49. The van der Waals surface area contributed by atoms with Crippen molar-refractivity contribution < 1.29 is 18.0 Å². The summed E-state index contributed by atoms with van der Waals surface area (Å²) in [5, 5.41) is 4.45. The maximum Gasteiger partial charge on any atom is 0.265 e. The van der Waals surface area contributed by atoms with Gasteiger partial charge in [-0.05, 0) is 49.8 Å². The first-order chi connectivity index (χ1) is 17.3. The van der Waals surface area contributed by atoms with Gasteiger partial charge < -0.3 is 10.2 Å². The van der Waals surface area contributed by atoms with Crippen LogP contribution in [0.5, 0.6) is 0 Å². The lowest BCUT2D eigenvalue weighted by atomic mass is 10.1. The van der Waals surface area contributed by atoms with E-state index < -0.39 is 16.1 Å². The largest absolute Gasteiger partial charge is 0.355 e. The molecule has 0 radical (unpaired) electrons. The van der Waals surface area contributed by atoms with Crippen LogP contribution in [0.15, 0.2) is 65.6 Å². The highest BCUT2D eigenvalue weighted by Crippen LogP contribution is 2.42. The van der Waals surface area contributed by atoms with Crippen molar-refractivity contribution in [3.05, 3.63) is 71.8 Å². The minimum Gasteiger partial charge on any atom is -0.355 e. The predicted molar refractivity (Wildman–Crippen MR) is 142 cm³/mol. The monoisotopic (exact) mass is 507 g/mol. The number of amides is 2. The number of sulfonamides is 1. The van der Waals surface area contributed by atoms with Gasteiger partial charge in [0, 0.05) is 31.4 Å². The molecule has 0 unspecified atom stereocenters. The number of carbonyl (C=O) groups is 2. The maximum atomic E-state index is 13.4. The summed E-state index contributed by atoms with van der Waals surface area (Å²) in [4.78, 5) is 28.2. The van der Waals surface area contributed by atoms with E-state index >= 15 is 0 Å². The van der Waals surface area contributed by atoms with Crippen LogP contribution in [-0.2, 0) is 26.2 Å². The summed E-state index contributed by atoms with van der Waals surface area (Å²) in [5.74, 6) is -0.342. The smallest absolute Gasteiger partial charge is 0.265 e. The van der Waals surface area contributed by atoms with E-state index in [2.05, 4.69) is 5.32 Å². The summed E-state index contributed by atoms with van der Waals surface area (Å²) in [6.45, 7) is 6.75. The van der Waals surface area contributed by atoms with Crippen molar-refractivity contribution in [2.75, 3.05) is 17.4 Å². The fourth-order valence-electron chi connectivity index (χ4n) is 4.82. The number of hydrogen-bond acceptors (Lipinski definition) is 4. The molecule has 0 aromatic heterocycles. The van der Waals surface area contributed by atoms with Crippen LogP contribution in [0.25, 0.3) is 10.8 Å². The molecule has 1 atom stereocenters. The lowest BCUT2D eigenvalue weighted by molar-refractivity contribution is -0.141. The van der Waals surface area contributed by atoms with Gasteiger partial charge in [0.15, 0.2) is 0 Å². The summed E-state index contributed by atoms with van der Waals surface area (Å²) >= 11 is 0. The second-order valence-electron chi connectivity index (χ2n) is 9.14. The number of rotatable bonds is 10. The Morgan fingerprint density at radius 1 is 1.00 bits per heavy atom. The number of carbonyl (C=O) groups excluding carboxylic acids is 2. The Balaban J connectivity index is 1.51. The third-order valence-corrected chi connectivity index (χ3v) is 8.50. The van der Waals surface area contributed by atoms with Crippen molar-refractivity contribution in [1.82, 2.24) is 10.2 Å². The second kappa shape index (κ2) is 10.7. The first-order valence-electron chi connectivity index (χ1n) is 12.4. The van der Waals surface area contributed by atoms with Gasteiger partial charge in [-0.15, -0.1) is 0 Å².